The quantitative estimate of drug-likeness (QED) is 0.794. The van der Waals surface area contributed by atoms with Crippen LogP contribution in [-0.4, -0.2) is 16.9 Å². The van der Waals surface area contributed by atoms with Gasteiger partial charge >= 0.3 is 12.2 Å². The van der Waals surface area contributed by atoms with Gasteiger partial charge < -0.3 is 5.32 Å². The van der Waals surface area contributed by atoms with Gasteiger partial charge in [0, 0.05) is 13.1 Å². The van der Waals surface area contributed by atoms with E-state index >= 15 is 0 Å². The molecule has 5 nitrogen and oxygen atoms in total. The van der Waals surface area contributed by atoms with Gasteiger partial charge in [0.05, 0.1) is 17.4 Å². The standard InChI is InChI=1S/C9H8F3N3O2/c1-5(16)14-8(17)15-7-4-13-3-2-6(7)9(10,11)12/h2-4H,1H3,(H2,14,15,16,17). The van der Waals surface area contributed by atoms with Crippen molar-refractivity contribution in [2.45, 2.75) is 13.1 Å². The van der Waals surface area contributed by atoms with Crippen molar-refractivity contribution in [1.82, 2.24) is 10.3 Å². The van der Waals surface area contributed by atoms with Crippen LogP contribution in [0.3, 0.4) is 0 Å². The summed E-state index contributed by atoms with van der Waals surface area (Å²) in [6, 6.07) is -0.320. The summed E-state index contributed by atoms with van der Waals surface area (Å²) in [5.74, 6) is -0.681. The van der Waals surface area contributed by atoms with E-state index in [1.165, 1.54) is 0 Å². The summed E-state index contributed by atoms with van der Waals surface area (Å²) in [6.07, 6.45) is -2.80. The van der Waals surface area contributed by atoms with Crippen LogP contribution in [0.4, 0.5) is 23.7 Å². The van der Waals surface area contributed by atoms with Gasteiger partial charge in [0.15, 0.2) is 0 Å². The number of carbonyl (C=O) groups excluding carboxylic acids is 2. The first-order valence-electron chi connectivity index (χ1n) is 4.40. The molecule has 1 aromatic rings. The van der Waals surface area contributed by atoms with Crippen molar-refractivity contribution in [2.24, 2.45) is 0 Å². The van der Waals surface area contributed by atoms with Gasteiger partial charge in [-0.05, 0) is 6.07 Å². The summed E-state index contributed by atoms with van der Waals surface area (Å²) in [6.45, 7) is 1.06. The van der Waals surface area contributed by atoms with Gasteiger partial charge in [-0.25, -0.2) is 4.79 Å². The van der Waals surface area contributed by atoms with Crippen molar-refractivity contribution in [2.75, 3.05) is 5.32 Å². The van der Waals surface area contributed by atoms with Crippen molar-refractivity contribution in [1.29, 1.82) is 0 Å². The van der Waals surface area contributed by atoms with Gasteiger partial charge in [-0.3, -0.25) is 15.1 Å². The highest BCUT2D eigenvalue weighted by Gasteiger charge is 2.33. The van der Waals surface area contributed by atoms with E-state index in [2.05, 4.69) is 4.98 Å². The Hall–Kier alpha value is -2.12. The molecule has 17 heavy (non-hydrogen) atoms. The molecule has 0 aromatic carbocycles. The number of imide groups is 1. The first kappa shape index (κ1) is 12.9. The van der Waals surface area contributed by atoms with Crippen LogP contribution in [-0.2, 0) is 11.0 Å². The van der Waals surface area contributed by atoms with Gasteiger partial charge in [0.25, 0.3) is 0 Å². The van der Waals surface area contributed by atoms with E-state index in [0.29, 0.717) is 0 Å². The lowest BCUT2D eigenvalue weighted by atomic mass is 10.2. The van der Waals surface area contributed by atoms with E-state index in [1.54, 1.807) is 5.32 Å². The molecule has 0 bridgehead atoms. The van der Waals surface area contributed by atoms with Crippen LogP contribution >= 0.6 is 0 Å². The van der Waals surface area contributed by atoms with E-state index in [4.69, 9.17) is 0 Å². The van der Waals surface area contributed by atoms with Gasteiger partial charge in [0.1, 0.15) is 0 Å². The lowest BCUT2D eigenvalue weighted by Crippen LogP contribution is -2.33. The molecule has 0 aliphatic heterocycles. The zero-order valence-corrected chi connectivity index (χ0v) is 8.63. The van der Waals surface area contributed by atoms with Gasteiger partial charge in [-0.1, -0.05) is 0 Å². The number of nitrogens with zero attached hydrogens (tertiary/aromatic N) is 1. The molecule has 2 N–H and O–H groups in total. The molecule has 0 saturated heterocycles. The maximum atomic E-state index is 12.5. The van der Waals surface area contributed by atoms with Gasteiger partial charge in [0.2, 0.25) is 5.91 Å². The molecule has 92 valence electrons. The first-order valence-corrected chi connectivity index (χ1v) is 4.40. The Labute approximate surface area is 94.0 Å². The molecular formula is C9H8F3N3O2. The maximum absolute atomic E-state index is 12.5. The SMILES string of the molecule is CC(=O)NC(=O)Nc1cnccc1C(F)(F)F. The number of amides is 3. The van der Waals surface area contributed by atoms with Crippen LogP contribution < -0.4 is 10.6 Å². The van der Waals surface area contributed by atoms with E-state index in [0.717, 1.165) is 25.4 Å². The van der Waals surface area contributed by atoms with Crippen molar-refractivity contribution >= 4 is 17.6 Å². The predicted octanol–water partition coefficient (Wildman–Crippen LogP) is 1.77. The summed E-state index contributed by atoms with van der Waals surface area (Å²) in [7, 11) is 0. The normalized spacial score (nSPS) is 10.8. The molecule has 0 saturated carbocycles. The van der Waals surface area contributed by atoms with Crippen LogP contribution in [0.1, 0.15) is 12.5 Å². The highest BCUT2D eigenvalue weighted by molar-refractivity contribution is 6.00. The van der Waals surface area contributed by atoms with Crippen molar-refractivity contribution in [3.8, 4) is 0 Å². The van der Waals surface area contributed by atoms with Crippen LogP contribution in [0.5, 0.6) is 0 Å². The second kappa shape index (κ2) is 4.81. The fourth-order valence-corrected chi connectivity index (χ4v) is 1.05. The number of nitrogens with one attached hydrogen (secondary N) is 2. The first-order chi connectivity index (χ1) is 7.80. The molecule has 1 rings (SSSR count). The average Bonchev–Trinajstić information content (AvgIpc) is 2.15. The van der Waals surface area contributed by atoms with Crippen molar-refractivity contribution in [3.05, 3.63) is 24.0 Å². The Balaban J connectivity index is 2.92. The van der Waals surface area contributed by atoms with E-state index in [-0.39, 0.29) is 0 Å². The van der Waals surface area contributed by atoms with E-state index < -0.39 is 29.4 Å². The summed E-state index contributed by atoms with van der Waals surface area (Å²) in [4.78, 5) is 25.0. The number of anilines is 1. The minimum Gasteiger partial charge on any atom is -0.306 e. The number of pyridine rings is 1. The van der Waals surface area contributed by atoms with Crippen LogP contribution in [0, 0.1) is 0 Å². The highest BCUT2D eigenvalue weighted by Crippen LogP contribution is 2.33. The Morgan fingerprint density at radius 2 is 2.00 bits per heavy atom. The number of alkyl halides is 3. The smallest absolute Gasteiger partial charge is 0.306 e. The molecule has 0 atom stereocenters. The van der Waals surface area contributed by atoms with Crippen molar-refractivity contribution < 1.29 is 22.8 Å². The van der Waals surface area contributed by atoms with E-state index in [1.807, 2.05) is 5.32 Å². The highest BCUT2D eigenvalue weighted by atomic mass is 19.4. The number of carbonyl (C=O) groups is 2. The minimum atomic E-state index is -4.61. The third-order valence-electron chi connectivity index (χ3n) is 1.66. The molecule has 1 heterocycles. The molecule has 8 heteroatoms. The second-order valence-corrected chi connectivity index (χ2v) is 3.05. The topological polar surface area (TPSA) is 71.1 Å². The molecule has 0 radical (unpaired) electrons. The lowest BCUT2D eigenvalue weighted by Gasteiger charge is -2.12. The largest absolute Gasteiger partial charge is 0.418 e. The minimum absolute atomic E-state index is 0.515. The summed E-state index contributed by atoms with van der Waals surface area (Å²) < 4.78 is 37.5. The average molecular weight is 247 g/mol. The fourth-order valence-electron chi connectivity index (χ4n) is 1.05. The zero-order chi connectivity index (χ0) is 13.1. The Morgan fingerprint density at radius 1 is 1.35 bits per heavy atom. The number of aromatic nitrogens is 1. The summed E-state index contributed by atoms with van der Waals surface area (Å²) in [5, 5.41) is 3.68. The van der Waals surface area contributed by atoms with Crippen molar-refractivity contribution in [3.63, 3.8) is 0 Å². The third-order valence-corrected chi connectivity index (χ3v) is 1.66. The summed E-state index contributed by atoms with van der Waals surface area (Å²) in [5.41, 5.74) is -1.55. The number of hydrogen-bond donors (Lipinski definition) is 2. The van der Waals surface area contributed by atoms with Gasteiger partial charge in [-0.15, -0.1) is 0 Å². The van der Waals surface area contributed by atoms with Crippen LogP contribution in [0.2, 0.25) is 0 Å². The van der Waals surface area contributed by atoms with Crippen LogP contribution in [0.15, 0.2) is 18.5 Å². The van der Waals surface area contributed by atoms with Gasteiger partial charge in [-0.2, -0.15) is 13.2 Å². The molecular weight excluding hydrogens is 239 g/mol. The maximum Gasteiger partial charge on any atom is 0.418 e. The number of hydrogen-bond acceptors (Lipinski definition) is 3. The van der Waals surface area contributed by atoms with Crippen LogP contribution in [0.25, 0.3) is 0 Å². The number of urea groups is 1. The molecule has 3 amide bonds. The zero-order valence-electron chi connectivity index (χ0n) is 8.63. The fraction of sp³-hybridized carbons (Fsp3) is 0.222. The number of rotatable bonds is 1. The Bertz CT molecular complexity index is 445. The monoisotopic (exact) mass is 247 g/mol. The predicted molar refractivity (Wildman–Crippen MR) is 52.1 cm³/mol. The van der Waals surface area contributed by atoms with E-state index in [9.17, 15) is 22.8 Å². The molecule has 0 fully saturated rings. The molecule has 0 aliphatic carbocycles. The molecule has 0 unspecified atom stereocenters. The number of halogens is 3. The molecule has 1 aromatic heterocycles. The third kappa shape index (κ3) is 3.74. The molecule has 0 spiro atoms. The second-order valence-electron chi connectivity index (χ2n) is 3.05. The summed E-state index contributed by atoms with van der Waals surface area (Å²) >= 11 is 0. The lowest BCUT2D eigenvalue weighted by molar-refractivity contribution is -0.137. The Kier molecular flexibility index (Phi) is 3.66. The molecule has 0 aliphatic rings. The Morgan fingerprint density at radius 3 is 2.53 bits per heavy atom.